The van der Waals surface area contributed by atoms with Gasteiger partial charge in [0.25, 0.3) is 0 Å². The summed E-state index contributed by atoms with van der Waals surface area (Å²) in [5, 5.41) is 0.553. The molecule has 3 rings (SSSR count). The van der Waals surface area contributed by atoms with E-state index in [0.717, 1.165) is 11.1 Å². The number of ether oxygens (including phenoxy) is 1. The average molecular weight is 350 g/mol. The van der Waals surface area contributed by atoms with Crippen LogP contribution in [0.3, 0.4) is 0 Å². The molecule has 2 aromatic carbocycles. The second-order valence-corrected chi connectivity index (χ2v) is 6.60. The minimum Gasteiger partial charge on any atom is -0.497 e. The Hall–Kier alpha value is -2.88. The molecule has 0 aliphatic carbocycles. The third kappa shape index (κ3) is 3.85. The first kappa shape index (κ1) is 17.9. The third-order valence-corrected chi connectivity index (χ3v) is 4.64. The molecule has 3 aromatic rings. The SMILES string of the molecule is COc1cc(C)c2c(=O)cc(CC(Cc3ccccc3)C(C)=O)oc2c1. The maximum absolute atomic E-state index is 12.5. The average Bonchev–Trinajstić information content (AvgIpc) is 2.61. The van der Waals surface area contributed by atoms with Crippen LogP contribution < -0.4 is 10.2 Å². The molecule has 0 saturated heterocycles. The Morgan fingerprint density at radius 2 is 1.85 bits per heavy atom. The number of benzene rings is 2. The summed E-state index contributed by atoms with van der Waals surface area (Å²) in [5.41, 5.74) is 2.30. The monoisotopic (exact) mass is 350 g/mol. The van der Waals surface area contributed by atoms with E-state index in [9.17, 15) is 9.59 Å². The highest BCUT2D eigenvalue weighted by atomic mass is 16.5. The highest BCUT2D eigenvalue weighted by molar-refractivity contribution is 5.82. The van der Waals surface area contributed by atoms with Gasteiger partial charge in [-0.3, -0.25) is 9.59 Å². The van der Waals surface area contributed by atoms with E-state index in [1.807, 2.05) is 43.3 Å². The Labute approximate surface area is 152 Å². The zero-order chi connectivity index (χ0) is 18.7. The number of carbonyl (C=O) groups excluding carboxylic acids is 1. The molecule has 1 heterocycles. The van der Waals surface area contributed by atoms with Gasteiger partial charge in [-0.2, -0.15) is 0 Å². The summed E-state index contributed by atoms with van der Waals surface area (Å²) in [6, 6.07) is 14.9. The number of hydrogen-bond acceptors (Lipinski definition) is 4. The van der Waals surface area contributed by atoms with Crippen LogP contribution in [0.5, 0.6) is 5.75 Å². The fraction of sp³-hybridized carbons (Fsp3) is 0.273. The van der Waals surface area contributed by atoms with E-state index in [0.29, 0.717) is 35.3 Å². The van der Waals surface area contributed by atoms with Gasteiger partial charge in [-0.25, -0.2) is 0 Å². The molecule has 26 heavy (non-hydrogen) atoms. The lowest BCUT2D eigenvalue weighted by Crippen LogP contribution is -2.18. The standard InChI is InChI=1S/C22H22O4/c1-14-9-18(25-3)13-21-22(14)20(24)12-19(26-21)11-17(15(2)23)10-16-7-5-4-6-8-16/h4-9,12-13,17H,10-11H2,1-3H3. The van der Waals surface area contributed by atoms with Crippen LogP contribution >= 0.6 is 0 Å². The molecule has 1 aromatic heterocycles. The molecule has 0 radical (unpaired) electrons. The van der Waals surface area contributed by atoms with Crippen LogP contribution in [-0.2, 0) is 17.6 Å². The van der Waals surface area contributed by atoms with Crippen LogP contribution in [0.15, 0.2) is 57.7 Å². The van der Waals surface area contributed by atoms with E-state index in [2.05, 4.69) is 0 Å². The van der Waals surface area contributed by atoms with Gasteiger partial charge in [-0.05, 0) is 37.5 Å². The number of fused-ring (bicyclic) bond motifs is 1. The molecule has 4 nitrogen and oxygen atoms in total. The summed E-state index contributed by atoms with van der Waals surface area (Å²) in [6.45, 7) is 3.44. The van der Waals surface area contributed by atoms with Gasteiger partial charge in [-0.15, -0.1) is 0 Å². The first-order valence-electron chi connectivity index (χ1n) is 8.63. The van der Waals surface area contributed by atoms with Crippen molar-refractivity contribution in [3.05, 3.63) is 75.6 Å². The first-order chi connectivity index (χ1) is 12.5. The van der Waals surface area contributed by atoms with Gasteiger partial charge in [0.05, 0.1) is 12.5 Å². The molecule has 1 atom stereocenters. The van der Waals surface area contributed by atoms with Gasteiger partial charge in [-0.1, -0.05) is 30.3 Å². The molecule has 0 bridgehead atoms. The molecule has 0 saturated carbocycles. The fourth-order valence-electron chi connectivity index (χ4n) is 3.23. The highest BCUT2D eigenvalue weighted by Crippen LogP contribution is 2.25. The minimum absolute atomic E-state index is 0.0819. The first-order valence-corrected chi connectivity index (χ1v) is 8.63. The lowest BCUT2D eigenvalue weighted by molar-refractivity contribution is -0.120. The van der Waals surface area contributed by atoms with Crippen molar-refractivity contribution in [2.24, 2.45) is 5.92 Å². The van der Waals surface area contributed by atoms with Crippen molar-refractivity contribution in [2.75, 3.05) is 7.11 Å². The van der Waals surface area contributed by atoms with Crippen molar-refractivity contribution in [2.45, 2.75) is 26.7 Å². The number of carbonyl (C=O) groups is 1. The molecule has 0 spiro atoms. The van der Waals surface area contributed by atoms with E-state index in [4.69, 9.17) is 9.15 Å². The van der Waals surface area contributed by atoms with E-state index in [1.165, 1.54) is 6.07 Å². The highest BCUT2D eigenvalue weighted by Gasteiger charge is 2.19. The summed E-state index contributed by atoms with van der Waals surface area (Å²) in [7, 11) is 1.58. The Bertz CT molecular complexity index is 986. The van der Waals surface area contributed by atoms with Crippen LogP contribution in [0.4, 0.5) is 0 Å². The molecule has 134 valence electrons. The van der Waals surface area contributed by atoms with Gasteiger partial charge in [0.1, 0.15) is 22.9 Å². The second-order valence-electron chi connectivity index (χ2n) is 6.60. The molecular weight excluding hydrogens is 328 g/mol. The van der Waals surface area contributed by atoms with Crippen molar-refractivity contribution in [1.29, 1.82) is 0 Å². The molecule has 0 N–H and O–H groups in total. The summed E-state index contributed by atoms with van der Waals surface area (Å²) < 4.78 is 11.2. The predicted octanol–water partition coefficient (Wildman–Crippen LogP) is 4.10. The van der Waals surface area contributed by atoms with Crippen molar-refractivity contribution in [3.63, 3.8) is 0 Å². The summed E-state index contributed by atoms with van der Waals surface area (Å²) in [4.78, 5) is 24.7. The fourth-order valence-corrected chi connectivity index (χ4v) is 3.23. The number of Topliss-reactive ketones (excluding diaryl/α,β-unsaturated/α-hetero) is 1. The number of rotatable bonds is 6. The zero-order valence-electron chi connectivity index (χ0n) is 15.2. The van der Waals surface area contributed by atoms with Crippen LogP contribution in [0.1, 0.15) is 23.8 Å². The van der Waals surface area contributed by atoms with Gasteiger partial charge in [0.2, 0.25) is 0 Å². The van der Waals surface area contributed by atoms with Crippen molar-refractivity contribution >= 4 is 16.8 Å². The van der Waals surface area contributed by atoms with E-state index in [1.54, 1.807) is 20.1 Å². The van der Waals surface area contributed by atoms with E-state index in [-0.39, 0.29) is 17.1 Å². The molecule has 0 fully saturated rings. The smallest absolute Gasteiger partial charge is 0.193 e. The maximum Gasteiger partial charge on any atom is 0.193 e. The van der Waals surface area contributed by atoms with E-state index < -0.39 is 0 Å². The second kappa shape index (κ2) is 7.56. The molecule has 1 unspecified atom stereocenters. The van der Waals surface area contributed by atoms with E-state index >= 15 is 0 Å². The molecule has 4 heteroatoms. The quantitative estimate of drug-likeness (QED) is 0.671. The van der Waals surface area contributed by atoms with Gasteiger partial charge >= 0.3 is 0 Å². The Morgan fingerprint density at radius 1 is 1.12 bits per heavy atom. The molecule has 0 aliphatic rings. The van der Waals surface area contributed by atoms with Crippen molar-refractivity contribution in [3.8, 4) is 5.75 Å². The predicted molar refractivity (Wildman–Crippen MR) is 102 cm³/mol. The lowest BCUT2D eigenvalue weighted by atomic mass is 9.91. The van der Waals surface area contributed by atoms with Crippen LogP contribution in [0, 0.1) is 12.8 Å². The Balaban J connectivity index is 1.96. The lowest BCUT2D eigenvalue weighted by Gasteiger charge is -2.14. The topological polar surface area (TPSA) is 56.5 Å². The van der Waals surface area contributed by atoms with Gasteiger partial charge in [0, 0.05) is 24.5 Å². The van der Waals surface area contributed by atoms with Gasteiger partial charge < -0.3 is 9.15 Å². The normalized spacial score (nSPS) is 12.1. The van der Waals surface area contributed by atoms with Crippen LogP contribution in [-0.4, -0.2) is 12.9 Å². The summed E-state index contributed by atoms with van der Waals surface area (Å²) in [6.07, 6.45) is 1.01. The van der Waals surface area contributed by atoms with Crippen molar-refractivity contribution < 1.29 is 13.9 Å². The van der Waals surface area contributed by atoms with Crippen molar-refractivity contribution in [1.82, 2.24) is 0 Å². The third-order valence-electron chi connectivity index (χ3n) is 4.64. The number of methoxy groups -OCH3 is 1. The number of aryl methyl sites for hydroxylation is 1. The van der Waals surface area contributed by atoms with Gasteiger partial charge in [0.15, 0.2) is 5.43 Å². The summed E-state index contributed by atoms with van der Waals surface area (Å²) >= 11 is 0. The molecule has 0 aliphatic heterocycles. The minimum atomic E-state index is -0.232. The maximum atomic E-state index is 12.5. The van der Waals surface area contributed by atoms with Crippen LogP contribution in [0.2, 0.25) is 0 Å². The zero-order valence-corrected chi connectivity index (χ0v) is 15.2. The Morgan fingerprint density at radius 3 is 2.50 bits per heavy atom. The summed E-state index contributed by atoms with van der Waals surface area (Å²) in [5.74, 6) is 1.01. The molecule has 0 amide bonds. The molecular formula is C22H22O4. The number of ketones is 1. The number of hydrogen-bond donors (Lipinski definition) is 0. The largest absolute Gasteiger partial charge is 0.497 e. The van der Waals surface area contributed by atoms with Crippen LogP contribution in [0.25, 0.3) is 11.0 Å². The Kier molecular flexibility index (Phi) is 5.21.